The van der Waals surface area contributed by atoms with Crippen LogP contribution in [0, 0.1) is 13.8 Å². The van der Waals surface area contributed by atoms with E-state index in [1.54, 1.807) is 34.8 Å². The SMILES string of the molecule is CCOc1ccc(NC(=O)CN(C)CC(=O)Nc2c(C)nn(C)c2C)cc1OCC. The molecule has 0 atom stereocenters. The van der Waals surface area contributed by atoms with E-state index in [2.05, 4.69) is 15.7 Å². The highest BCUT2D eigenvalue weighted by molar-refractivity contribution is 5.95. The molecule has 0 spiro atoms. The number of aromatic nitrogens is 2. The molecule has 9 nitrogen and oxygen atoms in total. The Morgan fingerprint density at radius 3 is 2.20 bits per heavy atom. The number of benzene rings is 1. The van der Waals surface area contributed by atoms with Crippen molar-refractivity contribution in [1.29, 1.82) is 0 Å². The van der Waals surface area contributed by atoms with E-state index in [-0.39, 0.29) is 24.9 Å². The zero-order valence-electron chi connectivity index (χ0n) is 18.5. The molecule has 2 amide bonds. The predicted octanol–water partition coefficient (Wildman–Crippen LogP) is 2.34. The van der Waals surface area contributed by atoms with E-state index < -0.39 is 0 Å². The van der Waals surface area contributed by atoms with Crippen LogP contribution >= 0.6 is 0 Å². The van der Waals surface area contributed by atoms with Crippen LogP contribution in [-0.4, -0.2) is 59.8 Å². The maximum atomic E-state index is 12.4. The maximum absolute atomic E-state index is 12.4. The first kappa shape index (κ1) is 23.2. The van der Waals surface area contributed by atoms with Crippen LogP contribution in [-0.2, 0) is 16.6 Å². The van der Waals surface area contributed by atoms with Crippen molar-refractivity contribution >= 4 is 23.2 Å². The summed E-state index contributed by atoms with van der Waals surface area (Å²) in [6.07, 6.45) is 0. The molecule has 0 aliphatic heterocycles. The standard InChI is InChI=1S/C21H31N5O4/c1-7-29-17-10-9-16(11-18(17)30-8-2)22-19(27)12-25(5)13-20(28)23-21-14(3)24-26(6)15(21)4/h9-11H,7-8,12-13H2,1-6H3,(H,22,27)(H,23,28). The predicted molar refractivity (Wildman–Crippen MR) is 116 cm³/mol. The number of carbonyl (C=O) groups excluding carboxylic acids is 2. The minimum Gasteiger partial charge on any atom is -0.490 e. The molecular formula is C21H31N5O4. The largest absolute Gasteiger partial charge is 0.490 e. The number of likely N-dealkylation sites (N-methyl/N-ethyl adjacent to an activating group) is 1. The second-order valence-electron chi connectivity index (χ2n) is 6.97. The second-order valence-corrected chi connectivity index (χ2v) is 6.97. The van der Waals surface area contributed by atoms with Crippen molar-refractivity contribution in [2.24, 2.45) is 7.05 Å². The number of nitrogens with one attached hydrogen (secondary N) is 2. The van der Waals surface area contributed by atoms with Gasteiger partial charge in [0.25, 0.3) is 0 Å². The van der Waals surface area contributed by atoms with Gasteiger partial charge in [-0.1, -0.05) is 0 Å². The average Bonchev–Trinajstić information content (AvgIpc) is 2.90. The van der Waals surface area contributed by atoms with Crippen LogP contribution in [0.3, 0.4) is 0 Å². The summed E-state index contributed by atoms with van der Waals surface area (Å²) in [6.45, 7) is 8.67. The molecular weight excluding hydrogens is 386 g/mol. The maximum Gasteiger partial charge on any atom is 0.238 e. The van der Waals surface area contributed by atoms with Crippen LogP contribution < -0.4 is 20.1 Å². The molecule has 0 aliphatic rings. The summed E-state index contributed by atoms with van der Waals surface area (Å²) in [5.41, 5.74) is 2.94. The lowest BCUT2D eigenvalue weighted by molar-refractivity contribution is -0.119. The van der Waals surface area contributed by atoms with Crippen molar-refractivity contribution in [2.75, 3.05) is 44.0 Å². The van der Waals surface area contributed by atoms with Gasteiger partial charge in [-0.15, -0.1) is 0 Å². The number of anilines is 2. The Kier molecular flexibility index (Phi) is 8.23. The lowest BCUT2D eigenvalue weighted by Crippen LogP contribution is -2.36. The minimum absolute atomic E-state index is 0.0651. The average molecular weight is 418 g/mol. The van der Waals surface area contributed by atoms with Crippen molar-refractivity contribution in [3.05, 3.63) is 29.6 Å². The third-order valence-corrected chi connectivity index (χ3v) is 4.43. The number of aryl methyl sites for hydroxylation is 2. The van der Waals surface area contributed by atoms with Gasteiger partial charge < -0.3 is 20.1 Å². The molecule has 1 aromatic carbocycles. The molecule has 2 aromatic rings. The number of hydrogen-bond acceptors (Lipinski definition) is 6. The first-order valence-electron chi connectivity index (χ1n) is 9.93. The third-order valence-electron chi connectivity index (χ3n) is 4.43. The Bertz CT molecular complexity index is 894. The zero-order valence-corrected chi connectivity index (χ0v) is 18.5. The summed E-state index contributed by atoms with van der Waals surface area (Å²) in [4.78, 5) is 26.4. The number of rotatable bonds is 10. The van der Waals surface area contributed by atoms with Crippen LogP contribution in [0.2, 0.25) is 0 Å². The summed E-state index contributed by atoms with van der Waals surface area (Å²) >= 11 is 0. The minimum atomic E-state index is -0.231. The van der Waals surface area contributed by atoms with Crippen molar-refractivity contribution in [2.45, 2.75) is 27.7 Å². The fourth-order valence-corrected chi connectivity index (χ4v) is 3.01. The van der Waals surface area contributed by atoms with E-state index in [4.69, 9.17) is 9.47 Å². The highest BCUT2D eigenvalue weighted by Crippen LogP contribution is 2.30. The van der Waals surface area contributed by atoms with Crippen molar-refractivity contribution in [1.82, 2.24) is 14.7 Å². The molecule has 0 unspecified atom stereocenters. The molecule has 164 valence electrons. The van der Waals surface area contributed by atoms with Crippen LogP contribution in [0.1, 0.15) is 25.2 Å². The molecule has 2 rings (SSSR count). The van der Waals surface area contributed by atoms with E-state index in [9.17, 15) is 9.59 Å². The molecule has 9 heteroatoms. The fraction of sp³-hybridized carbons (Fsp3) is 0.476. The molecule has 0 radical (unpaired) electrons. The number of hydrogen-bond donors (Lipinski definition) is 2. The molecule has 0 saturated heterocycles. The van der Waals surface area contributed by atoms with E-state index in [0.717, 1.165) is 11.4 Å². The molecule has 2 N–H and O–H groups in total. The van der Waals surface area contributed by atoms with Gasteiger partial charge in [-0.2, -0.15) is 5.10 Å². The Balaban J connectivity index is 1.91. The smallest absolute Gasteiger partial charge is 0.238 e. The normalized spacial score (nSPS) is 10.8. The monoisotopic (exact) mass is 417 g/mol. The zero-order chi connectivity index (χ0) is 22.3. The molecule has 1 heterocycles. The first-order chi connectivity index (χ1) is 14.2. The van der Waals surface area contributed by atoms with Crippen molar-refractivity contribution in [3.63, 3.8) is 0 Å². The van der Waals surface area contributed by atoms with Gasteiger partial charge in [0.2, 0.25) is 11.8 Å². The van der Waals surface area contributed by atoms with Crippen LogP contribution in [0.25, 0.3) is 0 Å². The van der Waals surface area contributed by atoms with E-state index in [1.807, 2.05) is 34.7 Å². The lowest BCUT2D eigenvalue weighted by Gasteiger charge is -2.17. The Hall–Kier alpha value is -3.07. The molecule has 0 saturated carbocycles. The molecule has 30 heavy (non-hydrogen) atoms. The van der Waals surface area contributed by atoms with E-state index in [1.165, 1.54) is 0 Å². The van der Waals surface area contributed by atoms with Crippen LogP contribution in [0.4, 0.5) is 11.4 Å². The topological polar surface area (TPSA) is 97.7 Å². The van der Waals surface area contributed by atoms with E-state index in [0.29, 0.717) is 36.1 Å². The van der Waals surface area contributed by atoms with Gasteiger partial charge in [0.1, 0.15) is 0 Å². The second kappa shape index (κ2) is 10.6. The summed E-state index contributed by atoms with van der Waals surface area (Å²) in [6, 6.07) is 5.25. The Morgan fingerprint density at radius 2 is 1.63 bits per heavy atom. The number of nitrogens with zero attached hydrogens (tertiary/aromatic N) is 3. The van der Waals surface area contributed by atoms with Crippen LogP contribution in [0.15, 0.2) is 18.2 Å². The van der Waals surface area contributed by atoms with Crippen molar-refractivity contribution < 1.29 is 19.1 Å². The summed E-state index contributed by atoms with van der Waals surface area (Å²) in [5, 5.41) is 9.97. The van der Waals surface area contributed by atoms with Gasteiger partial charge in [-0.25, -0.2) is 0 Å². The molecule has 0 aliphatic carbocycles. The quantitative estimate of drug-likeness (QED) is 0.616. The van der Waals surface area contributed by atoms with Gasteiger partial charge in [0.05, 0.1) is 43.4 Å². The lowest BCUT2D eigenvalue weighted by atomic mass is 10.2. The number of carbonyl (C=O) groups is 2. The summed E-state index contributed by atoms with van der Waals surface area (Å²) in [5.74, 6) is 0.772. The van der Waals surface area contributed by atoms with E-state index >= 15 is 0 Å². The van der Waals surface area contributed by atoms with Gasteiger partial charge in [-0.3, -0.25) is 19.2 Å². The van der Waals surface area contributed by atoms with Gasteiger partial charge >= 0.3 is 0 Å². The highest BCUT2D eigenvalue weighted by Gasteiger charge is 2.16. The van der Waals surface area contributed by atoms with Crippen LogP contribution in [0.5, 0.6) is 11.5 Å². The van der Waals surface area contributed by atoms with Crippen molar-refractivity contribution in [3.8, 4) is 11.5 Å². The number of ether oxygens (including phenoxy) is 2. The summed E-state index contributed by atoms with van der Waals surface area (Å²) < 4.78 is 12.8. The van der Waals surface area contributed by atoms with Gasteiger partial charge in [-0.05, 0) is 46.9 Å². The summed E-state index contributed by atoms with van der Waals surface area (Å²) in [7, 11) is 3.54. The molecule has 0 fully saturated rings. The highest BCUT2D eigenvalue weighted by atomic mass is 16.5. The third kappa shape index (κ3) is 6.21. The Labute approximate surface area is 177 Å². The Morgan fingerprint density at radius 1 is 1.03 bits per heavy atom. The van der Waals surface area contributed by atoms with Gasteiger partial charge in [0.15, 0.2) is 11.5 Å². The molecule has 0 bridgehead atoms. The van der Waals surface area contributed by atoms with Gasteiger partial charge in [0, 0.05) is 18.8 Å². The number of amides is 2. The molecule has 1 aromatic heterocycles. The fourth-order valence-electron chi connectivity index (χ4n) is 3.01. The first-order valence-corrected chi connectivity index (χ1v) is 9.93.